The molecule has 0 fully saturated rings. The zero-order valence-electron chi connectivity index (χ0n) is 8.81. The molecule has 0 saturated heterocycles. The molecule has 1 heterocycles. The van der Waals surface area contributed by atoms with E-state index in [1.807, 2.05) is 12.1 Å². The molecule has 15 heavy (non-hydrogen) atoms. The molecule has 0 aromatic carbocycles. The normalized spacial score (nSPS) is 12.3. The molecule has 0 amide bonds. The Bertz CT molecular complexity index is 301. The molecule has 0 aliphatic carbocycles. The Morgan fingerprint density at radius 3 is 3.07 bits per heavy atom. The van der Waals surface area contributed by atoms with Gasteiger partial charge in [0.25, 0.3) is 0 Å². The molecule has 0 radical (unpaired) electrons. The molecule has 0 saturated carbocycles. The van der Waals surface area contributed by atoms with Crippen molar-refractivity contribution in [1.82, 2.24) is 10.3 Å². The Hall–Kier alpha value is -1.42. The number of pyridine rings is 1. The molecule has 2 N–H and O–H groups in total. The van der Waals surface area contributed by atoms with Gasteiger partial charge < -0.3 is 10.4 Å². The molecule has 1 unspecified atom stereocenters. The van der Waals surface area contributed by atoms with Crippen LogP contribution in [0.1, 0.15) is 18.9 Å². The van der Waals surface area contributed by atoms with E-state index in [0.717, 1.165) is 12.1 Å². The summed E-state index contributed by atoms with van der Waals surface area (Å²) in [6, 6.07) is 3.87. The minimum atomic E-state index is -0.738. The highest BCUT2D eigenvalue weighted by Gasteiger charge is 2.09. The van der Waals surface area contributed by atoms with Crippen molar-refractivity contribution in [3.63, 3.8) is 0 Å². The molecule has 4 heteroatoms. The number of carbonyl (C=O) groups is 1. The third-order valence-corrected chi connectivity index (χ3v) is 2.23. The first-order chi connectivity index (χ1) is 7.20. The second-order valence-corrected chi connectivity index (χ2v) is 3.57. The molecule has 0 aliphatic rings. The van der Waals surface area contributed by atoms with Gasteiger partial charge in [0.2, 0.25) is 0 Å². The third-order valence-electron chi connectivity index (χ3n) is 2.23. The molecule has 1 aromatic heterocycles. The van der Waals surface area contributed by atoms with Gasteiger partial charge >= 0.3 is 5.97 Å². The third kappa shape index (κ3) is 4.56. The van der Waals surface area contributed by atoms with Crippen molar-refractivity contribution in [1.29, 1.82) is 0 Å². The van der Waals surface area contributed by atoms with Crippen LogP contribution < -0.4 is 5.32 Å². The quantitative estimate of drug-likeness (QED) is 0.691. The fourth-order valence-electron chi connectivity index (χ4n) is 1.18. The van der Waals surface area contributed by atoms with E-state index in [0.29, 0.717) is 13.0 Å². The lowest BCUT2D eigenvalue weighted by molar-refractivity contribution is -0.141. The smallest absolute Gasteiger partial charge is 0.306 e. The van der Waals surface area contributed by atoms with Crippen molar-refractivity contribution >= 4 is 5.97 Å². The van der Waals surface area contributed by atoms with Gasteiger partial charge in [-0.05, 0) is 24.6 Å². The van der Waals surface area contributed by atoms with Crippen molar-refractivity contribution in [3.05, 3.63) is 30.1 Å². The van der Waals surface area contributed by atoms with E-state index in [9.17, 15) is 4.79 Å². The summed E-state index contributed by atoms with van der Waals surface area (Å²) in [6.07, 6.45) is 4.18. The van der Waals surface area contributed by atoms with E-state index in [4.69, 9.17) is 5.11 Å². The van der Waals surface area contributed by atoms with Gasteiger partial charge in [-0.3, -0.25) is 9.78 Å². The van der Waals surface area contributed by atoms with Crippen LogP contribution in [0.2, 0.25) is 0 Å². The number of hydrogen-bond acceptors (Lipinski definition) is 3. The van der Waals surface area contributed by atoms with Crippen LogP contribution in [-0.2, 0) is 11.3 Å². The fraction of sp³-hybridized carbons (Fsp3) is 0.455. The highest BCUT2D eigenvalue weighted by atomic mass is 16.4. The first kappa shape index (κ1) is 11.7. The Morgan fingerprint density at radius 2 is 2.47 bits per heavy atom. The van der Waals surface area contributed by atoms with Crippen molar-refractivity contribution in [2.24, 2.45) is 5.92 Å². The maximum atomic E-state index is 10.5. The summed E-state index contributed by atoms with van der Waals surface area (Å²) in [5.74, 6) is -1.02. The zero-order valence-corrected chi connectivity index (χ0v) is 8.81. The molecule has 82 valence electrons. The van der Waals surface area contributed by atoms with Crippen molar-refractivity contribution in [2.75, 3.05) is 6.54 Å². The van der Waals surface area contributed by atoms with Crippen LogP contribution in [-0.4, -0.2) is 22.6 Å². The second-order valence-electron chi connectivity index (χ2n) is 3.57. The predicted molar refractivity (Wildman–Crippen MR) is 57.4 cm³/mol. The molecule has 1 rings (SSSR count). The summed E-state index contributed by atoms with van der Waals surface area (Å²) >= 11 is 0. The average Bonchev–Trinajstić information content (AvgIpc) is 2.25. The summed E-state index contributed by atoms with van der Waals surface area (Å²) < 4.78 is 0. The predicted octanol–water partition coefficient (Wildman–Crippen LogP) is 1.28. The highest BCUT2D eigenvalue weighted by Crippen LogP contribution is 2.00. The Labute approximate surface area is 89.3 Å². The number of nitrogens with zero attached hydrogens (tertiary/aromatic N) is 1. The molecule has 1 aromatic rings. The van der Waals surface area contributed by atoms with E-state index in [1.54, 1.807) is 19.3 Å². The monoisotopic (exact) mass is 208 g/mol. The van der Waals surface area contributed by atoms with Crippen molar-refractivity contribution < 1.29 is 9.90 Å². The Balaban J connectivity index is 2.15. The molecule has 0 spiro atoms. The lowest BCUT2D eigenvalue weighted by Gasteiger charge is -2.07. The number of rotatable bonds is 6. The van der Waals surface area contributed by atoms with Crippen LogP contribution in [0.5, 0.6) is 0 Å². The standard InChI is InChI=1S/C11H16N2O2/c1-9(11(14)15)4-6-13-8-10-3-2-5-12-7-10/h2-3,5,7,9,13H,4,6,8H2,1H3,(H,14,15). The van der Waals surface area contributed by atoms with Crippen molar-refractivity contribution in [2.45, 2.75) is 19.9 Å². The Morgan fingerprint density at radius 1 is 1.67 bits per heavy atom. The van der Waals surface area contributed by atoms with Crippen LogP contribution in [0.15, 0.2) is 24.5 Å². The van der Waals surface area contributed by atoms with Gasteiger partial charge in [0, 0.05) is 18.9 Å². The van der Waals surface area contributed by atoms with Gasteiger partial charge in [-0.1, -0.05) is 13.0 Å². The van der Waals surface area contributed by atoms with Crippen LogP contribution in [0.3, 0.4) is 0 Å². The van der Waals surface area contributed by atoms with Gasteiger partial charge in [0.05, 0.1) is 5.92 Å². The van der Waals surface area contributed by atoms with E-state index < -0.39 is 5.97 Å². The maximum absolute atomic E-state index is 10.5. The summed E-state index contributed by atoms with van der Waals surface area (Å²) in [5.41, 5.74) is 1.11. The lowest BCUT2D eigenvalue weighted by atomic mass is 10.1. The van der Waals surface area contributed by atoms with E-state index >= 15 is 0 Å². The average molecular weight is 208 g/mol. The van der Waals surface area contributed by atoms with Crippen LogP contribution in [0, 0.1) is 5.92 Å². The number of nitrogens with one attached hydrogen (secondary N) is 1. The van der Waals surface area contributed by atoms with Crippen LogP contribution >= 0.6 is 0 Å². The Kier molecular flexibility index (Phi) is 4.77. The highest BCUT2D eigenvalue weighted by molar-refractivity contribution is 5.69. The first-order valence-electron chi connectivity index (χ1n) is 5.02. The van der Waals surface area contributed by atoms with Crippen LogP contribution in [0.25, 0.3) is 0 Å². The molecular weight excluding hydrogens is 192 g/mol. The maximum Gasteiger partial charge on any atom is 0.306 e. The fourth-order valence-corrected chi connectivity index (χ4v) is 1.18. The molecule has 0 bridgehead atoms. The summed E-state index contributed by atoms with van der Waals surface area (Å²) in [7, 11) is 0. The number of aliphatic carboxylic acids is 1. The largest absolute Gasteiger partial charge is 0.481 e. The van der Waals surface area contributed by atoms with E-state index in [-0.39, 0.29) is 5.92 Å². The van der Waals surface area contributed by atoms with Gasteiger partial charge in [0.15, 0.2) is 0 Å². The molecule has 0 aliphatic heterocycles. The van der Waals surface area contributed by atoms with Gasteiger partial charge in [-0.2, -0.15) is 0 Å². The van der Waals surface area contributed by atoms with E-state index in [2.05, 4.69) is 10.3 Å². The molecular formula is C11H16N2O2. The van der Waals surface area contributed by atoms with Crippen LogP contribution in [0.4, 0.5) is 0 Å². The summed E-state index contributed by atoms with van der Waals surface area (Å²) in [5, 5.41) is 11.8. The van der Waals surface area contributed by atoms with Gasteiger partial charge in [-0.15, -0.1) is 0 Å². The number of carboxylic acid groups (broad SMARTS) is 1. The molecule has 1 atom stereocenters. The SMILES string of the molecule is CC(CCNCc1cccnc1)C(=O)O. The molecule has 4 nitrogen and oxygen atoms in total. The summed E-state index contributed by atoms with van der Waals surface area (Å²) in [4.78, 5) is 14.5. The zero-order chi connectivity index (χ0) is 11.1. The minimum Gasteiger partial charge on any atom is -0.481 e. The lowest BCUT2D eigenvalue weighted by Crippen LogP contribution is -2.20. The second kappa shape index (κ2) is 6.14. The van der Waals surface area contributed by atoms with Crippen molar-refractivity contribution in [3.8, 4) is 0 Å². The van der Waals surface area contributed by atoms with E-state index in [1.165, 1.54) is 0 Å². The number of aromatic nitrogens is 1. The van der Waals surface area contributed by atoms with Gasteiger partial charge in [0.1, 0.15) is 0 Å². The summed E-state index contributed by atoms with van der Waals surface area (Å²) in [6.45, 7) is 3.16. The number of hydrogen-bond donors (Lipinski definition) is 2. The van der Waals surface area contributed by atoms with Gasteiger partial charge in [-0.25, -0.2) is 0 Å². The minimum absolute atomic E-state index is 0.286. The number of carboxylic acids is 1. The topological polar surface area (TPSA) is 62.2 Å². The first-order valence-corrected chi connectivity index (χ1v) is 5.02.